The Morgan fingerprint density at radius 2 is 1.91 bits per heavy atom. The van der Waals surface area contributed by atoms with Crippen LogP contribution in [0.15, 0.2) is 18.5 Å². The molecule has 1 aromatic rings. The van der Waals surface area contributed by atoms with Gasteiger partial charge in [-0.15, -0.1) is 0 Å². The lowest BCUT2D eigenvalue weighted by atomic mass is 9.43. The van der Waals surface area contributed by atoms with E-state index in [9.17, 15) is 10.2 Å². The first-order valence-corrected chi connectivity index (χ1v) is 12.8. The lowest BCUT2D eigenvalue weighted by Crippen LogP contribution is -2.65. The van der Waals surface area contributed by atoms with Gasteiger partial charge in [-0.2, -0.15) is 10.2 Å². The molecule has 0 aliphatic heterocycles. The molecular formula is C26H41N3O3. The molecule has 178 valence electrons. The highest BCUT2D eigenvalue weighted by molar-refractivity contribution is 5.31. The fourth-order valence-corrected chi connectivity index (χ4v) is 8.84. The van der Waals surface area contributed by atoms with Gasteiger partial charge >= 0.3 is 0 Å². The molecule has 4 saturated carbocycles. The van der Waals surface area contributed by atoms with E-state index in [1.165, 1.54) is 0 Å². The number of hydrogen-bond donors (Lipinski definition) is 3. The molecule has 4 aliphatic rings. The van der Waals surface area contributed by atoms with Gasteiger partial charge in [0.15, 0.2) is 0 Å². The maximum atomic E-state index is 12.6. The van der Waals surface area contributed by atoms with Gasteiger partial charge in [-0.05, 0) is 100.0 Å². The van der Waals surface area contributed by atoms with Crippen molar-refractivity contribution in [2.75, 3.05) is 13.2 Å². The smallest absolute Gasteiger partial charge is 0.103 e. The predicted molar refractivity (Wildman–Crippen MR) is 123 cm³/mol. The maximum absolute atomic E-state index is 12.6. The fourth-order valence-electron chi connectivity index (χ4n) is 8.84. The Morgan fingerprint density at radius 3 is 2.66 bits per heavy atom. The number of hydrogen-bond acceptors (Lipinski definition) is 6. The molecule has 1 aromatic heterocycles. The molecule has 0 radical (unpaired) electrons. The minimum atomic E-state index is -0.758. The Balaban J connectivity index is 1.52. The summed E-state index contributed by atoms with van der Waals surface area (Å²) in [5, 5.41) is 31.1. The Morgan fingerprint density at radius 1 is 1.06 bits per heavy atom. The van der Waals surface area contributed by atoms with Crippen molar-refractivity contribution < 1.29 is 14.9 Å². The van der Waals surface area contributed by atoms with Crippen LogP contribution in [-0.4, -0.2) is 45.3 Å². The highest BCUT2D eigenvalue weighted by Gasteiger charge is 2.72. The summed E-state index contributed by atoms with van der Waals surface area (Å²) >= 11 is 0. The molecule has 5 rings (SSSR count). The standard InChI is InChI=1S/C26H41N3O3/c1-23-9-6-20(30)16-18(23)4-5-22-21(23)7-10-24(2)25(22,31)11-12-26(24,32-15-3-13-27)19-8-14-28-29-17-19/h8,14,17-18,20-22,30-31H,3-7,9-13,15-16,27H2,1-2H3/t18-,20+,21?,22?,23+,24+,25+,26+/m1/s1. The molecule has 4 N–H and O–H groups in total. The molecule has 0 bridgehead atoms. The minimum absolute atomic E-state index is 0.143. The molecule has 6 nitrogen and oxygen atoms in total. The second-order valence-electron chi connectivity index (χ2n) is 11.7. The van der Waals surface area contributed by atoms with E-state index >= 15 is 0 Å². The van der Waals surface area contributed by atoms with Crippen LogP contribution in [0.4, 0.5) is 0 Å². The summed E-state index contributed by atoms with van der Waals surface area (Å²) in [4.78, 5) is 0. The van der Waals surface area contributed by atoms with Crippen LogP contribution in [0.2, 0.25) is 0 Å². The largest absolute Gasteiger partial charge is 0.393 e. The van der Waals surface area contributed by atoms with Crippen molar-refractivity contribution in [1.29, 1.82) is 0 Å². The number of aromatic nitrogens is 2. The van der Waals surface area contributed by atoms with E-state index < -0.39 is 11.2 Å². The Bertz CT molecular complexity index is 824. The van der Waals surface area contributed by atoms with E-state index in [-0.39, 0.29) is 22.9 Å². The van der Waals surface area contributed by atoms with Gasteiger partial charge in [0.1, 0.15) is 5.60 Å². The first kappa shape index (κ1) is 22.7. The van der Waals surface area contributed by atoms with Crippen LogP contribution < -0.4 is 5.73 Å². The second-order valence-corrected chi connectivity index (χ2v) is 11.7. The van der Waals surface area contributed by atoms with Gasteiger partial charge in [0.05, 0.1) is 17.9 Å². The first-order chi connectivity index (χ1) is 15.3. The molecule has 0 amide bonds. The zero-order chi connectivity index (χ0) is 22.6. The second kappa shape index (κ2) is 8.00. The highest BCUT2D eigenvalue weighted by atomic mass is 16.5. The Kier molecular flexibility index (Phi) is 5.68. The molecule has 1 heterocycles. The van der Waals surface area contributed by atoms with Crippen LogP contribution >= 0.6 is 0 Å². The van der Waals surface area contributed by atoms with Gasteiger partial charge in [-0.1, -0.05) is 13.8 Å². The third kappa shape index (κ3) is 2.98. The van der Waals surface area contributed by atoms with Crippen LogP contribution in [-0.2, 0) is 10.3 Å². The summed E-state index contributed by atoms with van der Waals surface area (Å²) in [5.41, 5.74) is 5.37. The number of rotatable bonds is 5. The van der Waals surface area contributed by atoms with Crippen molar-refractivity contribution in [3.63, 3.8) is 0 Å². The Hall–Kier alpha value is -1.08. The molecule has 0 spiro atoms. The van der Waals surface area contributed by atoms with E-state index in [0.717, 1.165) is 69.8 Å². The molecule has 0 aromatic carbocycles. The lowest BCUT2D eigenvalue weighted by molar-refractivity contribution is -0.248. The van der Waals surface area contributed by atoms with Crippen molar-refractivity contribution in [2.45, 2.75) is 95.4 Å². The van der Waals surface area contributed by atoms with E-state index in [0.29, 0.717) is 25.0 Å². The van der Waals surface area contributed by atoms with Crippen molar-refractivity contribution in [2.24, 2.45) is 34.3 Å². The number of nitrogens with zero attached hydrogens (tertiary/aromatic N) is 2. The van der Waals surface area contributed by atoms with Gasteiger partial charge in [0, 0.05) is 23.8 Å². The van der Waals surface area contributed by atoms with E-state index in [1.54, 1.807) is 6.20 Å². The van der Waals surface area contributed by atoms with Crippen molar-refractivity contribution in [3.05, 3.63) is 24.0 Å². The molecule has 4 aliphatic carbocycles. The van der Waals surface area contributed by atoms with Crippen LogP contribution in [0.25, 0.3) is 0 Å². The molecule has 4 fully saturated rings. The van der Waals surface area contributed by atoms with Crippen molar-refractivity contribution in [1.82, 2.24) is 10.2 Å². The lowest BCUT2D eigenvalue weighted by Gasteiger charge is -2.64. The topological polar surface area (TPSA) is 101 Å². The van der Waals surface area contributed by atoms with Crippen molar-refractivity contribution in [3.8, 4) is 0 Å². The summed E-state index contributed by atoms with van der Waals surface area (Å²) in [5.74, 6) is 1.38. The number of aliphatic hydroxyl groups excluding tert-OH is 1. The number of fused-ring (bicyclic) bond motifs is 5. The Labute approximate surface area is 192 Å². The summed E-state index contributed by atoms with van der Waals surface area (Å²) in [7, 11) is 0. The summed E-state index contributed by atoms with van der Waals surface area (Å²) in [6.07, 6.45) is 13.0. The number of ether oxygens (including phenoxy) is 1. The van der Waals surface area contributed by atoms with Gasteiger partial charge in [-0.3, -0.25) is 0 Å². The molecule has 8 atom stereocenters. The number of aliphatic hydroxyl groups is 2. The summed E-state index contributed by atoms with van der Waals surface area (Å²) < 4.78 is 6.74. The van der Waals surface area contributed by atoms with Gasteiger partial charge in [-0.25, -0.2) is 0 Å². The average Bonchev–Trinajstić information content (AvgIpc) is 3.03. The molecule has 0 saturated heterocycles. The first-order valence-electron chi connectivity index (χ1n) is 12.8. The molecule has 32 heavy (non-hydrogen) atoms. The molecule has 2 unspecified atom stereocenters. The van der Waals surface area contributed by atoms with Gasteiger partial charge in [0.2, 0.25) is 0 Å². The van der Waals surface area contributed by atoms with Gasteiger partial charge in [0.25, 0.3) is 0 Å². The van der Waals surface area contributed by atoms with Crippen LogP contribution in [0.1, 0.15) is 83.6 Å². The van der Waals surface area contributed by atoms with Crippen molar-refractivity contribution >= 4 is 0 Å². The van der Waals surface area contributed by atoms with E-state index in [4.69, 9.17) is 10.5 Å². The maximum Gasteiger partial charge on any atom is 0.103 e. The van der Waals surface area contributed by atoms with E-state index in [2.05, 4.69) is 24.0 Å². The quantitative estimate of drug-likeness (QED) is 0.602. The van der Waals surface area contributed by atoms with E-state index in [1.807, 2.05) is 12.3 Å². The third-order valence-electron chi connectivity index (χ3n) is 10.7. The summed E-state index contributed by atoms with van der Waals surface area (Å²) in [6, 6.07) is 2.03. The van der Waals surface area contributed by atoms with Crippen LogP contribution in [0.3, 0.4) is 0 Å². The van der Waals surface area contributed by atoms with Crippen LogP contribution in [0.5, 0.6) is 0 Å². The minimum Gasteiger partial charge on any atom is -0.393 e. The molecule has 6 heteroatoms. The zero-order valence-corrected chi connectivity index (χ0v) is 19.8. The normalized spacial score (nSPS) is 48.0. The highest BCUT2D eigenvalue weighted by Crippen LogP contribution is 2.72. The number of nitrogens with two attached hydrogens (primary N) is 1. The van der Waals surface area contributed by atoms with Gasteiger partial charge < -0.3 is 20.7 Å². The average molecular weight is 444 g/mol. The zero-order valence-electron chi connectivity index (χ0n) is 19.8. The fraction of sp³-hybridized carbons (Fsp3) is 0.846. The van der Waals surface area contributed by atoms with Crippen LogP contribution in [0, 0.1) is 28.6 Å². The monoisotopic (exact) mass is 443 g/mol. The SMILES string of the molecule is C[C@]12CCC3C(CC[C@@H]4C[C@@H](O)CC[C@]34C)[C@@]1(O)CC[C@]2(OCCCN)c1ccnnc1. The predicted octanol–water partition coefficient (Wildman–Crippen LogP) is 3.56. The summed E-state index contributed by atoms with van der Waals surface area (Å²) in [6.45, 7) is 5.93. The molecular weight excluding hydrogens is 402 g/mol. The third-order valence-corrected chi connectivity index (χ3v) is 10.7.